The molecule has 2 aromatic rings. The molecule has 0 radical (unpaired) electrons. The number of aromatic hydroxyl groups is 1. The summed E-state index contributed by atoms with van der Waals surface area (Å²) in [6.45, 7) is 1.51. The van der Waals surface area contributed by atoms with Crippen molar-refractivity contribution in [2.75, 3.05) is 6.79 Å². The minimum atomic E-state index is -1.44. The molecule has 12 heteroatoms. The highest BCUT2D eigenvalue weighted by Gasteiger charge is 2.53. The van der Waals surface area contributed by atoms with Gasteiger partial charge in [-0.2, -0.15) is 0 Å². The zero-order chi connectivity index (χ0) is 24.3. The van der Waals surface area contributed by atoms with Gasteiger partial charge < -0.3 is 35.4 Å². The number of ether oxygens (including phenoxy) is 2. The predicted octanol–water partition coefficient (Wildman–Crippen LogP) is 0.395. The summed E-state index contributed by atoms with van der Waals surface area (Å²) in [5.41, 5.74) is -0.0514. The third-order valence-electron chi connectivity index (χ3n) is 6.77. The van der Waals surface area contributed by atoms with Crippen molar-refractivity contribution in [3.8, 4) is 17.2 Å². The Hall–Kier alpha value is -3.90. The number of amides is 2. The molecule has 0 aromatic heterocycles. The number of hydrogen-bond donors (Lipinski definition) is 5. The fourth-order valence-corrected chi connectivity index (χ4v) is 5.05. The van der Waals surface area contributed by atoms with Crippen LogP contribution in [0.15, 0.2) is 30.3 Å². The molecule has 5 N–H and O–H groups in total. The number of fused-ring (bicyclic) bond motifs is 4. The van der Waals surface area contributed by atoms with E-state index in [0.29, 0.717) is 5.56 Å². The summed E-state index contributed by atoms with van der Waals surface area (Å²) >= 11 is 0. The van der Waals surface area contributed by atoms with Crippen molar-refractivity contribution in [3.63, 3.8) is 0 Å². The zero-order valence-corrected chi connectivity index (χ0v) is 17.8. The standard InChI is InChI=1S/C22H21N3O9/c1-8-15-13(11-6-12-20(34-7-33-12)18(27)14(11)22(30)23-15)16(19(28)17(8)26)24-21(29)9-3-2-4-10(5-9)25(31)32/h2-6,8,13,15-17,19,26-28H,7H2,1H3,(H,23,30)(H,24,29)/t8-,13+,15-,16+,17-,19-/m0/s1. The van der Waals surface area contributed by atoms with Crippen molar-refractivity contribution in [1.29, 1.82) is 0 Å². The fourth-order valence-electron chi connectivity index (χ4n) is 5.05. The second kappa shape index (κ2) is 7.85. The average molecular weight is 471 g/mol. The van der Waals surface area contributed by atoms with E-state index in [1.165, 1.54) is 24.3 Å². The molecule has 0 spiro atoms. The van der Waals surface area contributed by atoms with E-state index >= 15 is 0 Å². The number of aliphatic hydroxyl groups excluding tert-OH is 2. The number of carbonyl (C=O) groups excluding carboxylic acids is 2. The van der Waals surface area contributed by atoms with E-state index in [-0.39, 0.29) is 35.1 Å². The van der Waals surface area contributed by atoms with Crippen LogP contribution in [-0.2, 0) is 0 Å². The molecule has 5 rings (SSSR count). The second-order valence-electron chi connectivity index (χ2n) is 8.60. The topological polar surface area (TPSA) is 180 Å². The Bertz CT molecular complexity index is 1220. The van der Waals surface area contributed by atoms with Gasteiger partial charge in [0, 0.05) is 35.6 Å². The highest BCUT2D eigenvalue weighted by Crippen LogP contribution is 2.50. The average Bonchev–Trinajstić information content (AvgIpc) is 3.29. The summed E-state index contributed by atoms with van der Waals surface area (Å²) in [5, 5.41) is 48.8. The first-order valence-electron chi connectivity index (χ1n) is 10.6. The monoisotopic (exact) mass is 471 g/mol. The van der Waals surface area contributed by atoms with Gasteiger partial charge in [-0.05, 0) is 17.7 Å². The van der Waals surface area contributed by atoms with Gasteiger partial charge in [0.15, 0.2) is 11.5 Å². The van der Waals surface area contributed by atoms with Crippen molar-refractivity contribution < 1.29 is 39.3 Å². The van der Waals surface area contributed by atoms with Crippen LogP contribution in [0, 0.1) is 16.0 Å². The number of rotatable bonds is 3. The van der Waals surface area contributed by atoms with Gasteiger partial charge in [0.2, 0.25) is 12.5 Å². The normalized spacial score (nSPS) is 29.0. The summed E-state index contributed by atoms with van der Waals surface area (Å²) in [5.74, 6) is -2.85. The maximum Gasteiger partial charge on any atom is 0.270 e. The molecule has 1 aliphatic carbocycles. The summed E-state index contributed by atoms with van der Waals surface area (Å²) in [6, 6.07) is 4.80. The molecule has 2 aliphatic heterocycles. The van der Waals surface area contributed by atoms with Gasteiger partial charge in [-0.15, -0.1) is 0 Å². The van der Waals surface area contributed by atoms with Gasteiger partial charge >= 0.3 is 0 Å². The lowest BCUT2D eigenvalue weighted by Gasteiger charge is -2.50. The number of carbonyl (C=O) groups is 2. The Kier molecular flexibility index (Phi) is 5.06. The van der Waals surface area contributed by atoms with Gasteiger partial charge in [0.25, 0.3) is 17.5 Å². The van der Waals surface area contributed by atoms with Crippen LogP contribution < -0.4 is 20.1 Å². The zero-order valence-electron chi connectivity index (χ0n) is 17.8. The van der Waals surface area contributed by atoms with Crippen LogP contribution in [0.3, 0.4) is 0 Å². The van der Waals surface area contributed by atoms with Crippen LogP contribution >= 0.6 is 0 Å². The predicted molar refractivity (Wildman–Crippen MR) is 114 cm³/mol. The van der Waals surface area contributed by atoms with Crippen LogP contribution in [0.1, 0.15) is 39.1 Å². The van der Waals surface area contributed by atoms with Crippen molar-refractivity contribution in [1.82, 2.24) is 10.6 Å². The van der Waals surface area contributed by atoms with Crippen molar-refractivity contribution in [3.05, 3.63) is 57.1 Å². The molecule has 178 valence electrons. The number of nitro benzene ring substituents is 1. The number of aliphatic hydroxyl groups is 2. The van der Waals surface area contributed by atoms with Gasteiger partial charge in [-0.25, -0.2) is 0 Å². The Morgan fingerprint density at radius 3 is 2.74 bits per heavy atom. The largest absolute Gasteiger partial charge is 0.504 e. The molecule has 1 fully saturated rings. The molecule has 34 heavy (non-hydrogen) atoms. The Balaban J connectivity index is 1.58. The number of nitrogens with zero attached hydrogens (tertiary/aromatic N) is 1. The van der Waals surface area contributed by atoms with E-state index in [1.807, 2.05) is 0 Å². The molecule has 0 bridgehead atoms. The first kappa shape index (κ1) is 21.9. The third-order valence-corrected chi connectivity index (χ3v) is 6.77. The fraction of sp³-hybridized carbons (Fsp3) is 0.364. The van der Waals surface area contributed by atoms with Gasteiger partial charge in [0.1, 0.15) is 6.10 Å². The highest BCUT2D eigenvalue weighted by molar-refractivity contribution is 6.02. The molecule has 2 heterocycles. The van der Waals surface area contributed by atoms with Crippen LogP contribution in [0.4, 0.5) is 5.69 Å². The third kappa shape index (κ3) is 3.22. The Morgan fingerprint density at radius 2 is 2.00 bits per heavy atom. The summed E-state index contributed by atoms with van der Waals surface area (Å²) in [6.07, 6.45) is -2.73. The van der Waals surface area contributed by atoms with E-state index in [9.17, 15) is 35.0 Å². The molecule has 2 aromatic carbocycles. The molecule has 12 nitrogen and oxygen atoms in total. The molecule has 0 unspecified atom stereocenters. The first-order chi connectivity index (χ1) is 16.2. The lowest BCUT2D eigenvalue weighted by atomic mass is 9.66. The minimum Gasteiger partial charge on any atom is -0.504 e. The van der Waals surface area contributed by atoms with Crippen LogP contribution in [-0.4, -0.2) is 63.1 Å². The minimum absolute atomic E-state index is 0.0142. The number of nitrogens with one attached hydrogen (secondary N) is 2. The number of hydrogen-bond acceptors (Lipinski definition) is 9. The number of non-ortho nitro benzene ring substituents is 1. The quantitative estimate of drug-likeness (QED) is 0.313. The van der Waals surface area contributed by atoms with Crippen molar-refractivity contribution >= 4 is 17.5 Å². The molecular formula is C22H21N3O9. The summed E-state index contributed by atoms with van der Waals surface area (Å²) in [4.78, 5) is 36.4. The first-order valence-corrected chi connectivity index (χ1v) is 10.6. The Morgan fingerprint density at radius 1 is 1.24 bits per heavy atom. The maximum atomic E-state index is 13.0. The van der Waals surface area contributed by atoms with Gasteiger partial charge in [-0.1, -0.05) is 13.0 Å². The van der Waals surface area contributed by atoms with E-state index in [4.69, 9.17) is 9.47 Å². The number of phenolic OH excluding ortho intramolecular Hbond substituents is 1. The van der Waals surface area contributed by atoms with Crippen molar-refractivity contribution in [2.24, 2.45) is 5.92 Å². The van der Waals surface area contributed by atoms with Crippen LogP contribution in [0.5, 0.6) is 17.2 Å². The van der Waals surface area contributed by atoms with Gasteiger partial charge in [-0.3, -0.25) is 19.7 Å². The lowest BCUT2D eigenvalue weighted by molar-refractivity contribution is -0.384. The Labute approximate surface area is 192 Å². The second-order valence-corrected chi connectivity index (χ2v) is 8.60. The van der Waals surface area contributed by atoms with E-state index in [1.54, 1.807) is 6.92 Å². The molecule has 0 saturated heterocycles. The van der Waals surface area contributed by atoms with E-state index in [2.05, 4.69) is 10.6 Å². The van der Waals surface area contributed by atoms with E-state index < -0.39 is 58.6 Å². The highest BCUT2D eigenvalue weighted by atomic mass is 16.7. The number of phenols is 1. The molecule has 3 aliphatic rings. The summed E-state index contributed by atoms with van der Waals surface area (Å²) in [7, 11) is 0. The van der Waals surface area contributed by atoms with Crippen LogP contribution in [0.25, 0.3) is 0 Å². The maximum absolute atomic E-state index is 13.0. The molecule has 2 amide bonds. The van der Waals surface area contributed by atoms with Crippen LogP contribution in [0.2, 0.25) is 0 Å². The number of nitro groups is 1. The molecular weight excluding hydrogens is 450 g/mol. The SMILES string of the molecule is C[C@@H]1[C@H](O)[C@@H](O)[C@H](NC(=O)c2cccc([N+](=O)[O-])c2)[C@@H]2c3cc4c(c(O)c3C(=O)N[C@@H]12)OCO4. The molecule has 6 atom stereocenters. The van der Waals surface area contributed by atoms with E-state index in [0.717, 1.165) is 6.07 Å². The molecule has 1 saturated carbocycles. The van der Waals surface area contributed by atoms with Crippen molar-refractivity contribution in [2.45, 2.75) is 37.1 Å². The summed E-state index contributed by atoms with van der Waals surface area (Å²) < 4.78 is 10.6. The number of benzene rings is 2. The van der Waals surface area contributed by atoms with Gasteiger partial charge in [0.05, 0.1) is 22.6 Å². The smallest absolute Gasteiger partial charge is 0.270 e. The lowest BCUT2D eigenvalue weighted by Crippen LogP contribution is -2.67.